The van der Waals surface area contributed by atoms with E-state index in [0.717, 1.165) is 5.69 Å². The van der Waals surface area contributed by atoms with Crippen molar-refractivity contribution in [3.63, 3.8) is 0 Å². The molecule has 2 nitrogen and oxygen atoms in total. The van der Waals surface area contributed by atoms with Crippen LogP contribution in [0.1, 0.15) is 34.0 Å². The highest BCUT2D eigenvalue weighted by Crippen LogP contribution is 2.26. The molecule has 0 spiro atoms. The van der Waals surface area contributed by atoms with E-state index in [1.165, 1.54) is 34.5 Å². The topological polar surface area (TPSA) is 24.9 Å². The molecule has 0 aliphatic heterocycles. The fraction of sp³-hybridized carbons (Fsp3) is 0.312. The van der Waals surface area contributed by atoms with E-state index >= 15 is 0 Å². The summed E-state index contributed by atoms with van der Waals surface area (Å²) < 4.78 is 13.0. The van der Waals surface area contributed by atoms with E-state index in [-0.39, 0.29) is 11.9 Å². The largest absolute Gasteiger partial charge is 0.308 e. The highest BCUT2D eigenvalue weighted by atomic mass is 19.1. The van der Waals surface area contributed by atoms with Crippen molar-refractivity contribution in [2.75, 3.05) is 7.05 Å². The molecule has 1 N–H and O–H groups in total. The molecule has 19 heavy (non-hydrogen) atoms. The number of nitrogens with zero attached hydrogens (tertiary/aromatic N) is 1. The van der Waals surface area contributed by atoms with Gasteiger partial charge in [-0.15, -0.1) is 0 Å². The maximum Gasteiger partial charge on any atom is 0.141 e. The minimum atomic E-state index is -0.310. The van der Waals surface area contributed by atoms with Gasteiger partial charge in [-0.2, -0.15) is 0 Å². The lowest BCUT2D eigenvalue weighted by atomic mass is 9.94. The zero-order valence-electron chi connectivity index (χ0n) is 11.8. The van der Waals surface area contributed by atoms with Crippen molar-refractivity contribution in [1.82, 2.24) is 10.3 Å². The third-order valence-electron chi connectivity index (χ3n) is 3.53. The smallest absolute Gasteiger partial charge is 0.141 e. The van der Waals surface area contributed by atoms with Crippen LogP contribution in [0, 0.1) is 26.6 Å². The standard InChI is InChI=1S/C16H19FN2/c1-10-7-12(3)14(8-11(10)2)16(18-4)15-6-5-13(17)9-19-15/h5-9,16,18H,1-4H3. The van der Waals surface area contributed by atoms with E-state index in [4.69, 9.17) is 0 Å². The zero-order chi connectivity index (χ0) is 14.0. The van der Waals surface area contributed by atoms with Gasteiger partial charge in [0.25, 0.3) is 0 Å². The van der Waals surface area contributed by atoms with Gasteiger partial charge in [0.05, 0.1) is 17.9 Å². The third-order valence-corrected chi connectivity index (χ3v) is 3.53. The van der Waals surface area contributed by atoms with Gasteiger partial charge >= 0.3 is 0 Å². The van der Waals surface area contributed by atoms with Crippen molar-refractivity contribution in [2.45, 2.75) is 26.8 Å². The zero-order valence-corrected chi connectivity index (χ0v) is 11.8. The van der Waals surface area contributed by atoms with Gasteiger partial charge in [0.1, 0.15) is 5.82 Å². The van der Waals surface area contributed by atoms with Crippen LogP contribution in [0.4, 0.5) is 4.39 Å². The van der Waals surface area contributed by atoms with Crippen LogP contribution in [0.25, 0.3) is 0 Å². The predicted molar refractivity (Wildman–Crippen MR) is 75.8 cm³/mol. The molecule has 2 rings (SSSR count). The Kier molecular flexibility index (Phi) is 3.96. The van der Waals surface area contributed by atoms with Crippen molar-refractivity contribution >= 4 is 0 Å². The fourth-order valence-corrected chi connectivity index (χ4v) is 2.31. The van der Waals surface area contributed by atoms with Crippen LogP contribution in [0.5, 0.6) is 0 Å². The van der Waals surface area contributed by atoms with Crippen LogP contribution in [0.2, 0.25) is 0 Å². The Morgan fingerprint density at radius 1 is 1.05 bits per heavy atom. The number of hydrogen-bond donors (Lipinski definition) is 1. The lowest BCUT2D eigenvalue weighted by molar-refractivity contribution is 0.609. The number of nitrogens with one attached hydrogen (secondary N) is 1. The summed E-state index contributed by atoms with van der Waals surface area (Å²) >= 11 is 0. The van der Waals surface area contributed by atoms with Gasteiger partial charge in [0, 0.05) is 0 Å². The number of aromatic nitrogens is 1. The molecular weight excluding hydrogens is 239 g/mol. The molecular formula is C16H19FN2. The summed E-state index contributed by atoms with van der Waals surface area (Å²) in [5.41, 5.74) is 5.76. The minimum Gasteiger partial charge on any atom is -0.308 e. The average Bonchev–Trinajstić information content (AvgIpc) is 2.38. The molecule has 0 saturated heterocycles. The van der Waals surface area contributed by atoms with Gasteiger partial charge in [-0.3, -0.25) is 4.98 Å². The number of rotatable bonds is 3. The Labute approximate surface area is 113 Å². The van der Waals surface area contributed by atoms with Crippen molar-refractivity contribution in [2.24, 2.45) is 0 Å². The first-order chi connectivity index (χ1) is 9.02. The Morgan fingerprint density at radius 3 is 2.32 bits per heavy atom. The summed E-state index contributed by atoms with van der Waals surface area (Å²) in [4.78, 5) is 4.18. The number of aryl methyl sites for hydroxylation is 3. The molecule has 1 aromatic carbocycles. The normalized spacial score (nSPS) is 12.5. The summed E-state index contributed by atoms with van der Waals surface area (Å²) in [6.45, 7) is 6.30. The molecule has 1 heterocycles. The van der Waals surface area contributed by atoms with Gasteiger partial charge < -0.3 is 5.32 Å². The Hall–Kier alpha value is -1.74. The van der Waals surface area contributed by atoms with E-state index in [9.17, 15) is 4.39 Å². The molecule has 2 aromatic rings. The molecule has 0 aliphatic carbocycles. The van der Waals surface area contributed by atoms with Gasteiger partial charge in [0.15, 0.2) is 0 Å². The quantitative estimate of drug-likeness (QED) is 0.912. The molecule has 1 aromatic heterocycles. The van der Waals surface area contributed by atoms with Gasteiger partial charge in [0.2, 0.25) is 0 Å². The Balaban J connectivity index is 2.47. The minimum absolute atomic E-state index is 0.0140. The van der Waals surface area contributed by atoms with Crippen molar-refractivity contribution < 1.29 is 4.39 Å². The van der Waals surface area contributed by atoms with Crippen molar-refractivity contribution in [1.29, 1.82) is 0 Å². The Morgan fingerprint density at radius 2 is 1.74 bits per heavy atom. The molecule has 0 fully saturated rings. The van der Waals surface area contributed by atoms with Crippen LogP contribution < -0.4 is 5.32 Å². The van der Waals surface area contributed by atoms with E-state index in [1.54, 1.807) is 6.07 Å². The van der Waals surface area contributed by atoms with Gasteiger partial charge in [-0.05, 0) is 62.2 Å². The summed E-state index contributed by atoms with van der Waals surface area (Å²) in [5.74, 6) is -0.310. The SMILES string of the molecule is CNC(c1ccc(F)cn1)c1cc(C)c(C)cc1C. The lowest BCUT2D eigenvalue weighted by Gasteiger charge is -2.20. The first-order valence-corrected chi connectivity index (χ1v) is 6.39. The Bertz CT molecular complexity index is 576. The predicted octanol–water partition coefficient (Wildman–Crippen LogP) is 3.45. The molecule has 0 radical (unpaired) electrons. The van der Waals surface area contributed by atoms with E-state index < -0.39 is 0 Å². The number of halogens is 1. The second-order valence-electron chi connectivity index (χ2n) is 4.92. The average molecular weight is 258 g/mol. The van der Waals surface area contributed by atoms with Crippen LogP contribution in [0.15, 0.2) is 30.5 Å². The fourth-order valence-electron chi connectivity index (χ4n) is 2.31. The molecule has 0 amide bonds. The van der Waals surface area contributed by atoms with E-state index in [0.29, 0.717) is 0 Å². The van der Waals surface area contributed by atoms with Gasteiger partial charge in [-0.25, -0.2) is 4.39 Å². The molecule has 0 aliphatic rings. The summed E-state index contributed by atoms with van der Waals surface area (Å²) in [5, 5.41) is 3.26. The number of pyridine rings is 1. The summed E-state index contributed by atoms with van der Waals surface area (Å²) in [6.07, 6.45) is 1.26. The first-order valence-electron chi connectivity index (χ1n) is 6.39. The summed E-state index contributed by atoms with van der Waals surface area (Å²) in [6, 6.07) is 7.52. The second-order valence-corrected chi connectivity index (χ2v) is 4.92. The molecule has 0 bridgehead atoms. The monoisotopic (exact) mass is 258 g/mol. The van der Waals surface area contributed by atoms with Crippen LogP contribution in [0.3, 0.4) is 0 Å². The highest BCUT2D eigenvalue weighted by Gasteiger charge is 2.16. The number of benzene rings is 1. The van der Waals surface area contributed by atoms with Crippen molar-refractivity contribution in [3.05, 3.63) is 64.2 Å². The first kappa shape index (κ1) is 13.7. The second kappa shape index (κ2) is 5.49. The van der Waals surface area contributed by atoms with Crippen LogP contribution >= 0.6 is 0 Å². The van der Waals surface area contributed by atoms with Gasteiger partial charge in [-0.1, -0.05) is 12.1 Å². The maximum absolute atomic E-state index is 13.0. The highest BCUT2D eigenvalue weighted by molar-refractivity contribution is 5.41. The van der Waals surface area contributed by atoms with Crippen molar-refractivity contribution in [3.8, 4) is 0 Å². The molecule has 1 atom stereocenters. The van der Waals surface area contributed by atoms with E-state index in [2.05, 4.69) is 43.2 Å². The van der Waals surface area contributed by atoms with Crippen LogP contribution in [-0.4, -0.2) is 12.0 Å². The summed E-state index contributed by atoms with van der Waals surface area (Å²) in [7, 11) is 1.89. The third kappa shape index (κ3) is 2.82. The molecule has 0 saturated carbocycles. The molecule has 1 unspecified atom stereocenters. The van der Waals surface area contributed by atoms with Crippen LogP contribution in [-0.2, 0) is 0 Å². The maximum atomic E-state index is 13.0. The lowest BCUT2D eigenvalue weighted by Crippen LogP contribution is -2.20. The van der Waals surface area contributed by atoms with E-state index in [1.807, 2.05) is 7.05 Å². The molecule has 100 valence electrons. The molecule has 3 heteroatoms. The number of hydrogen-bond acceptors (Lipinski definition) is 2.